The Kier molecular flexibility index (Phi) is 4.83. The Bertz CT molecular complexity index is 785. The Labute approximate surface area is 131 Å². The lowest BCUT2D eigenvalue weighted by Gasteiger charge is -2.13. The molecule has 0 fully saturated rings. The second-order valence-electron chi connectivity index (χ2n) is 3.98. The van der Waals surface area contributed by atoms with Crippen molar-refractivity contribution >= 4 is 31.6 Å². The van der Waals surface area contributed by atoms with E-state index >= 15 is 0 Å². The van der Waals surface area contributed by atoms with Crippen LogP contribution in [0.5, 0.6) is 5.75 Å². The molecule has 0 unspecified atom stereocenters. The van der Waals surface area contributed by atoms with Crippen molar-refractivity contribution in [3.8, 4) is 11.8 Å². The molecule has 0 spiro atoms. The summed E-state index contributed by atoms with van der Waals surface area (Å²) in [5.41, 5.74) is 0.281. The first-order valence-corrected chi connectivity index (χ1v) is 8.18. The van der Waals surface area contributed by atoms with Crippen LogP contribution in [-0.4, -0.2) is 15.0 Å². The second kappa shape index (κ2) is 6.61. The smallest absolute Gasteiger partial charge is 0.263 e. The van der Waals surface area contributed by atoms with Crippen molar-refractivity contribution < 1.29 is 13.2 Å². The fourth-order valence-electron chi connectivity index (χ4n) is 1.65. The molecule has 2 rings (SSSR count). The third-order valence-corrected chi connectivity index (χ3v) is 4.93. The van der Waals surface area contributed by atoms with Crippen LogP contribution in [0.25, 0.3) is 0 Å². The van der Waals surface area contributed by atoms with Crippen LogP contribution in [-0.2, 0) is 10.0 Å². The van der Waals surface area contributed by atoms with Crippen LogP contribution in [0, 0.1) is 11.3 Å². The average molecular weight is 367 g/mol. The van der Waals surface area contributed by atoms with Crippen LogP contribution in [0.1, 0.15) is 0 Å². The molecule has 5 nitrogen and oxygen atoms in total. The fourth-order valence-corrected chi connectivity index (χ4v) is 3.72. The van der Waals surface area contributed by atoms with Gasteiger partial charge in [-0.25, -0.2) is 8.42 Å². The number of sulfonamides is 1. The van der Waals surface area contributed by atoms with Crippen molar-refractivity contribution in [1.29, 1.82) is 5.26 Å². The maximum absolute atomic E-state index is 12.4. The molecule has 0 aliphatic heterocycles. The molecule has 0 bridgehead atoms. The molecule has 0 aliphatic rings. The molecule has 0 saturated carbocycles. The zero-order chi connectivity index (χ0) is 15.3. The molecule has 0 amide bonds. The van der Waals surface area contributed by atoms with E-state index in [9.17, 15) is 8.42 Å². The van der Waals surface area contributed by atoms with Gasteiger partial charge in [-0.15, -0.1) is 0 Å². The predicted octanol–water partition coefficient (Wildman–Crippen LogP) is 3.15. The van der Waals surface area contributed by atoms with E-state index in [-0.39, 0.29) is 17.2 Å². The Hall–Kier alpha value is -2.04. The standard InChI is InChI=1S/C14H11BrN2O3S/c15-11-5-1-4-8-14(11)21(18,19)17-12-6-2-3-7-13(12)20-10-9-16/h1-8,17H,10H2. The lowest BCUT2D eigenvalue weighted by atomic mass is 10.3. The van der Waals surface area contributed by atoms with Crippen molar-refractivity contribution in [2.24, 2.45) is 0 Å². The fraction of sp³-hybridized carbons (Fsp3) is 0.0714. The quantitative estimate of drug-likeness (QED) is 0.881. The number of hydrogen-bond acceptors (Lipinski definition) is 4. The molecule has 0 radical (unpaired) electrons. The maximum atomic E-state index is 12.4. The van der Waals surface area contributed by atoms with Gasteiger partial charge < -0.3 is 4.74 Å². The van der Waals surface area contributed by atoms with Gasteiger partial charge in [-0.2, -0.15) is 5.26 Å². The van der Waals surface area contributed by atoms with E-state index in [0.717, 1.165) is 0 Å². The third kappa shape index (κ3) is 3.74. The SMILES string of the molecule is N#CCOc1ccccc1NS(=O)(=O)c1ccccc1Br. The van der Waals surface area contributed by atoms with Crippen LogP contribution < -0.4 is 9.46 Å². The number of nitriles is 1. The van der Waals surface area contributed by atoms with E-state index in [1.165, 1.54) is 6.07 Å². The van der Waals surface area contributed by atoms with Crippen molar-refractivity contribution in [2.45, 2.75) is 4.90 Å². The van der Waals surface area contributed by atoms with Gasteiger partial charge >= 0.3 is 0 Å². The third-order valence-electron chi connectivity index (χ3n) is 2.55. The van der Waals surface area contributed by atoms with Gasteiger partial charge in [0.05, 0.1) is 5.69 Å². The van der Waals surface area contributed by atoms with Gasteiger partial charge in [0.2, 0.25) is 0 Å². The minimum Gasteiger partial charge on any atom is -0.477 e. The summed E-state index contributed by atoms with van der Waals surface area (Å²) in [6.07, 6.45) is 0. The molecule has 21 heavy (non-hydrogen) atoms. The molecular formula is C14H11BrN2O3S. The Morgan fingerprint density at radius 3 is 2.52 bits per heavy atom. The summed E-state index contributed by atoms with van der Waals surface area (Å²) < 4.78 is 32.9. The van der Waals surface area contributed by atoms with Crippen molar-refractivity contribution in [3.05, 3.63) is 53.0 Å². The summed E-state index contributed by atoms with van der Waals surface area (Å²) >= 11 is 3.21. The Morgan fingerprint density at radius 2 is 1.81 bits per heavy atom. The van der Waals surface area contributed by atoms with Crippen LogP contribution in [0.2, 0.25) is 0 Å². The highest BCUT2D eigenvalue weighted by Crippen LogP contribution is 2.28. The zero-order valence-corrected chi connectivity index (χ0v) is 13.2. The minimum atomic E-state index is -3.75. The van der Waals surface area contributed by atoms with Crippen LogP contribution in [0.4, 0.5) is 5.69 Å². The molecule has 0 saturated heterocycles. The molecule has 0 aliphatic carbocycles. The molecule has 2 aromatic rings. The molecule has 0 aromatic heterocycles. The van der Waals surface area contributed by atoms with E-state index < -0.39 is 10.0 Å². The van der Waals surface area contributed by atoms with Crippen LogP contribution in [0.3, 0.4) is 0 Å². The minimum absolute atomic E-state index is 0.125. The van der Waals surface area contributed by atoms with Crippen molar-refractivity contribution in [2.75, 3.05) is 11.3 Å². The van der Waals surface area contributed by atoms with Gasteiger partial charge in [-0.3, -0.25) is 4.72 Å². The van der Waals surface area contributed by atoms with Gasteiger partial charge in [0.1, 0.15) is 16.7 Å². The normalized spacial score (nSPS) is 10.7. The lowest BCUT2D eigenvalue weighted by Crippen LogP contribution is -2.14. The summed E-state index contributed by atoms with van der Waals surface area (Å²) in [6, 6.07) is 14.9. The second-order valence-corrected chi connectivity index (χ2v) is 6.48. The monoisotopic (exact) mass is 366 g/mol. The lowest BCUT2D eigenvalue weighted by molar-refractivity contribution is 0.370. The predicted molar refractivity (Wildman–Crippen MR) is 82.5 cm³/mol. The summed E-state index contributed by atoms with van der Waals surface area (Å²) in [6.45, 7) is -0.159. The van der Waals surface area contributed by atoms with E-state index in [1.54, 1.807) is 42.5 Å². The first kappa shape index (κ1) is 15.4. The topological polar surface area (TPSA) is 79.2 Å². The van der Waals surface area contributed by atoms with Crippen LogP contribution in [0.15, 0.2) is 57.9 Å². The molecule has 2 aromatic carbocycles. The first-order valence-electron chi connectivity index (χ1n) is 5.91. The summed E-state index contributed by atoms with van der Waals surface area (Å²) in [4.78, 5) is 0.125. The van der Waals surface area contributed by atoms with Crippen molar-refractivity contribution in [3.63, 3.8) is 0 Å². The number of halogens is 1. The molecule has 0 heterocycles. The number of anilines is 1. The highest BCUT2D eigenvalue weighted by atomic mass is 79.9. The number of rotatable bonds is 5. The summed E-state index contributed by atoms with van der Waals surface area (Å²) in [7, 11) is -3.75. The summed E-state index contributed by atoms with van der Waals surface area (Å²) in [5.74, 6) is 0.301. The van der Waals surface area contributed by atoms with E-state index in [4.69, 9.17) is 10.00 Å². The van der Waals surface area contributed by atoms with Crippen molar-refractivity contribution in [1.82, 2.24) is 0 Å². The van der Waals surface area contributed by atoms with Gasteiger partial charge in [0, 0.05) is 4.47 Å². The Balaban J connectivity index is 2.34. The molecular weight excluding hydrogens is 356 g/mol. The number of hydrogen-bond donors (Lipinski definition) is 1. The first-order chi connectivity index (χ1) is 10.0. The van der Waals surface area contributed by atoms with E-state index in [0.29, 0.717) is 10.2 Å². The van der Waals surface area contributed by atoms with Gasteiger partial charge in [-0.05, 0) is 40.2 Å². The number of nitrogens with one attached hydrogen (secondary N) is 1. The zero-order valence-electron chi connectivity index (χ0n) is 10.8. The molecule has 1 N–H and O–H groups in total. The maximum Gasteiger partial charge on any atom is 0.263 e. The Morgan fingerprint density at radius 1 is 1.14 bits per heavy atom. The number of nitrogens with zero attached hydrogens (tertiary/aromatic N) is 1. The van der Waals surface area contributed by atoms with E-state index in [1.807, 2.05) is 6.07 Å². The number of para-hydroxylation sites is 2. The summed E-state index contributed by atoms with van der Waals surface area (Å²) in [5, 5.41) is 8.55. The molecule has 108 valence electrons. The molecule has 0 atom stereocenters. The number of ether oxygens (including phenoxy) is 1. The number of benzene rings is 2. The highest BCUT2D eigenvalue weighted by Gasteiger charge is 2.18. The average Bonchev–Trinajstić information content (AvgIpc) is 2.46. The van der Waals surface area contributed by atoms with Crippen LogP contribution >= 0.6 is 15.9 Å². The largest absolute Gasteiger partial charge is 0.477 e. The van der Waals surface area contributed by atoms with Gasteiger partial charge in [0.25, 0.3) is 10.0 Å². The highest BCUT2D eigenvalue weighted by molar-refractivity contribution is 9.10. The van der Waals surface area contributed by atoms with E-state index in [2.05, 4.69) is 20.7 Å². The molecule has 7 heteroatoms. The van der Waals surface area contributed by atoms with Gasteiger partial charge in [-0.1, -0.05) is 24.3 Å². The van der Waals surface area contributed by atoms with Gasteiger partial charge in [0.15, 0.2) is 6.61 Å².